The number of aromatic nitrogens is 2. The number of sulfone groups is 1. The molecule has 0 aliphatic heterocycles. The topological polar surface area (TPSA) is 82.3 Å². The summed E-state index contributed by atoms with van der Waals surface area (Å²) in [6.07, 6.45) is 0.362. The lowest BCUT2D eigenvalue weighted by Crippen LogP contribution is -2.16. The lowest BCUT2D eigenvalue weighted by molar-refractivity contribution is 0.377. The normalized spacial score (nSPS) is 12.7. The largest absolute Gasteiger partial charge is 0.497 e. The first kappa shape index (κ1) is 20.0. The van der Waals surface area contributed by atoms with E-state index in [1.165, 1.54) is 13.0 Å². The predicted octanol–water partition coefficient (Wildman–Crippen LogP) is 3.91. The summed E-state index contributed by atoms with van der Waals surface area (Å²) in [4.78, 5) is 4.16. The van der Waals surface area contributed by atoms with E-state index in [1.807, 2.05) is 12.1 Å². The SMILES string of the molecule is COc1ccc(CCS(=O)(=O)C(C)c2nc(-c3ccc(C)c(F)c3)no2)cc1. The number of benzene rings is 2. The smallest absolute Gasteiger partial charge is 0.245 e. The molecule has 1 atom stereocenters. The van der Waals surface area contributed by atoms with Gasteiger partial charge in [0, 0.05) is 5.56 Å². The van der Waals surface area contributed by atoms with Crippen LogP contribution >= 0.6 is 0 Å². The maximum absolute atomic E-state index is 13.7. The minimum atomic E-state index is -3.51. The van der Waals surface area contributed by atoms with Gasteiger partial charge in [0.25, 0.3) is 0 Å². The van der Waals surface area contributed by atoms with Gasteiger partial charge >= 0.3 is 0 Å². The number of methoxy groups -OCH3 is 1. The van der Waals surface area contributed by atoms with Crippen molar-refractivity contribution < 1.29 is 22.1 Å². The minimum absolute atomic E-state index is 0.00860. The van der Waals surface area contributed by atoms with Crippen LogP contribution in [-0.2, 0) is 16.3 Å². The molecule has 2 aromatic carbocycles. The highest BCUT2D eigenvalue weighted by Crippen LogP contribution is 2.26. The molecule has 0 fully saturated rings. The Hall–Kier alpha value is -2.74. The van der Waals surface area contributed by atoms with E-state index >= 15 is 0 Å². The predicted molar refractivity (Wildman–Crippen MR) is 103 cm³/mol. The second-order valence-corrected chi connectivity index (χ2v) is 8.97. The third-order valence-electron chi connectivity index (χ3n) is 4.59. The molecule has 0 N–H and O–H groups in total. The van der Waals surface area contributed by atoms with Gasteiger partial charge in [-0.05, 0) is 49.6 Å². The molecule has 3 rings (SSSR count). The number of aryl methyl sites for hydroxylation is 2. The number of hydrogen-bond donors (Lipinski definition) is 0. The van der Waals surface area contributed by atoms with Crippen LogP contribution in [0.4, 0.5) is 4.39 Å². The van der Waals surface area contributed by atoms with Gasteiger partial charge in [0.2, 0.25) is 11.7 Å². The van der Waals surface area contributed by atoms with Crippen molar-refractivity contribution in [1.29, 1.82) is 0 Å². The third-order valence-corrected chi connectivity index (χ3v) is 6.64. The van der Waals surface area contributed by atoms with Crippen molar-refractivity contribution >= 4 is 9.84 Å². The average molecular weight is 404 g/mol. The maximum Gasteiger partial charge on any atom is 0.245 e. The van der Waals surface area contributed by atoms with Crippen LogP contribution in [0.2, 0.25) is 0 Å². The molecule has 0 aliphatic carbocycles. The van der Waals surface area contributed by atoms with Gasteiger partial charge in [0.05, 0.1) is 12.9 Å². The molecule has 148 valence electrons. The van der Waals surface area contributed by atoms with Crippen LogP contribution in [-0.4, -0.2) is 31.4 Å². The fourth-order valence-electron chi connectivity index (χ4n) is 2.63. The highest BCUT2D eigenvalue weighted by Gasteiger charge is 2.28. The Morgan fingerprint density at radius 2 is 1.89 bits per heavy atom. The highest BCUT2D eigenvalue weighted by molar-refractivity contribution is 7.91. The summed E-state index contributed by atoms with van der Waals surface area (Å²) < 4.78 is 49.3. The average Bonchev–Trinajstić information content (AvgIpc) is 3.18. The zero-order chi connectivity index (χ0) is 20.3. The van der Waals surface area contributed by atoms with Crippen LogP contribution in [0.1, 0.15) is 29.2 Å². The van der Waals surface area contributed by atoms with Gasteiger partial charge in [-0.3, -0.25) is 0 Å². The van der Waals surface area contributed by atoms with Crippen molar-refractivity contribution in [2.24, 2.45) is 0 Å². The molecule has 0 aliphatic rings. The number of nitrogens with zero attached hydrogens (tertiary/aromatic N) is 2. The fraction of sp³-hybridized carbons (Fsp3) is 0.300. The maximum atomic E-state index is 13.7. The first-order valence-electron chi connectivity index (χ1n) is 8.75. The van der Waals surface area contributed by atoms with Crippen molar-refractivity contribution in [2.75, 3.05) is 12.9 Å². The van der Waals surface area contributed by atoms with Crippen LogP contribution < -0.4 is 4.74 Å². The monoisotopic (exact) mass is 404 g/mol. The van der Waals surface area contributed by atoms with Crippen LogP contribution in [0.5, 0.6) is 5.75 Å². The van der Waals surface area contributed by atoms with E-state index in [1.54, 1.807) is 38.3 Å². The number of hydrogen-bond acceptors (Lipinski definition) is 6. The molecule has 0 spiro atoms. The Balaban J connectivity index is 1.72. The summed E-state index contributed by atoms with van der Waals surface area (Å²) in [7, 11) is -1.94. The molecule has 1 aromatic heterocycles. The minimum Gasteiger partial charge on any atom is -0.497 e. The van der Waals surface area contributed by atoms with Crippen molar-refractivity contribution in [2.45, 2.75) is 25.5 Å². The van der Waals surface area contributed by atoms with E-state index in [9.17, 15) is 12.8 Å². The molecular weight excluding hydrogens is 383 g/mol. The molecule has 0 amide bonds. The molecule has 1 unspecified atom stereocenters. The molecule has 1 heterocycles. The number of ether oxygens (including phenoxy) is 1. The molecule has 28 heavy (non-hydrogen) atoms. The van der Waals surface area contributed by atoms with Crippen LogP contribution in [0.3, 0.4) is 0 Å². The lowest BCUT2D eigenvalue weighted by atomic mass is 10.1. The van der Waals surface area contributed by atoms with Crippen molar-refractivity contribution in [1.82, 2.24) is 10.1 Å². The molecule has 6 nitrogen and oxygen atoms in total. The van der Waals surface area contributed by atoms with Gasteiger partial charge in [0.15, 0.2) is 9.84 Å². The van der Waals surface area contributed by atoms with Gasteiger partial charge < -0.3 is 9.26 Å². The number of rotatable bonds is 7. The molecule has 0 radical (unpaired) electrons. The molecule has 0 saturated heterocycles. The van der Waals surface area contributed by atoms with E-state index in [-0.39, 0.29) is 23.3 Å². The van der Waals surface area contributed by atoms with Crippen molar-refractivity contribution in [3.8, 4) is 17.1 Å². The Labute approximate surface area is 163 Å². The quantitative estimate of drug-likeness (QED) is 0.594. The summed E-state index contributed by atoms with van der Waals surface area (Å²) >= 11 is 0. The standard InChI is InChI=1S/C20H21FN2O4S/c1-13-4-7-16(12-18(13)21)19-22-20(27-23-19)14(2)28(24,25)11-10-15-5-8-17(26-3)9-6-15/h4-9,12,14H,10-11H2,1-3H3. The van der Waals surface area contributed by atoms with Gasteiger partial charge in [-0.15, -0.1) is 0 Å². The fourth-order valence-corrected chi connectivity index (χ4v) is 3.91. The van der Waals surface area contributed by atoms with Crippen molar-refractivity contribution in [3.05, 3.63) is 65.3 Å². The summed E-state index contributed by atoms with van der Waals surface area (Å²) in [5, 5.41) is 2.84. The first-order valence-corrected chi connectivity index (χ1v) is 10.5. The molecule has 3 aromatic rings. The van der Waals surface area contributed by atoms with E-state index < -0.39 is 15.1 Å². The van der Waals surface area contributed by atoms with E-state index in [0.29, 0.717) is 23.3 Å². The zero-order valence-electron chi connectivity index (χ0n) is 15.8. The highest BCUT2D eigenvalue weighted by atomic mass is 32.2. The third kappa shape index (κ3) is 4.39. The van der Waals surface area contributed by atoms with Crippen LogP contribution in [0, 0.1) is 12.7 Å². The van der Waals surface area contributed by atoms with E-state index in [4.69, 9.17) is 9.26 Å². The second-order valence-electron chi connectivity index (χ2n) is 6.53. The van der Waals surface area contributed by atoms with Crippen LogP contribution in [0.15, 0.2) is 47.0 Å². The summed E-state index contributed by atoms with van der Waals surface area (Å²) in [6, 6.07) is 11.8. The number of halogens is 1. The second kappa shape index (κ2) is 8.10. The zero-order valence-corrected chi connectivity index (χ0v) is 16.7. The summed E-state index contributed by atoms with van der Waals surface area (Å²) in [5.41, 5.74) is 1.82. The first-order chi connectivity index (χ1) is 13.3. The van der Waals surface area contributed by atoms with Gasteiger partial charge in [-0.2, -0.15) is 4.98 Å². The molecule has 8 heteroatoms. The van der Waals surface area contributed by atoms with E-state index in [0.717, 1.165) is 5.56 Å². The Morgan fingerprint density at radius 3 is 2.54 bits per heavy atom. The van der Waals surface area contributed by atoms with Crippen molar-refractivity contribution in [3.63, 3.8) is 0 Å². The van der Waals surface area contributed by atoms with Gasteiger partial charge in [0.1, 0.15) is 16.8 Å². The Kier molecular flexibility index (Phi) is 5.79. The molecule has 0 saturated carbocycles. The van der Waals surface area contributed by atoms with Crippen LogP contribution in [0.25, 0.3) is 11.4 Å². The Bertz CT molecular complexity index is 1060. The lowest BCUT2D eigenvalue weighted by Gasteiger charge is -2.09. The van der Waals surface area contributed by atoms with E-state index in [2.05, 4.69) is 10.1 Å². The van der Waals surface area contributed by atoms with Gasteiger partial charge in [-0.25, -0.2) is 12.8 Å². The summed E-state index contributed by atoms with van der Waals surface area (Å²) in [5.74, 6) is 0.420. The van der Waals surface area contributed by atoms with Gasteiger partial charge in [-0.1, -0.05) is 29.4 Å². The Morgan fingerprint density at radius 1 is 1.18 bits per heavy atom. The summed E-state index contributed by atoms with van der Waals surface area (Å²) in [6.45, 7) is 3.16. The molecule has 0 bridgehead atoms. The molecular formula is C20H21FN2O4S.